The monoisotopic (exact) mass is 390 g/mol. The summed E-state index contributed by atoms with van der Waals surface area (Å²) in [5.74, 6) is -0.677. The number of nitrogens with one attached hydrogen (secondary N) is 1. The zero-order valence-electron chi connectivity index (χ0n) is 11.4. The Hall–Kier alpha value is -1.18. The predicted molar refractivity (Wildman–Crippen MR) is 82.9 cm³/mol. The number of piperazine rings is 1. The molecule has 1 saturated heterocycles. The van der Waals surface area contributed by atoms with E-state index >= 15 is 0 Å². The van der Waals surface area contributed by atoms with Crippen LogP contribution in [0.25, 0.3) is 0 Å². The SMILES string of the molecule is CCC1(CC)NC(=O)CN(c2ccc(F)cc2I)C1=O. The molecule has 1 fully saturated rings. The van der Waals surface area contributed by atoms with Crippen LogP contribution in [0, 0.1) is 9.39 Å². The van der Waals surface area contributed by atoms with Crippen LogP contribution in [0.4, 0.5) is 10.1 Å². The Morgan fingerprint density at radius 1 is 1.35 bits per heavy atom. The molecule has 0 spiro atoms. The van der Waals surface area contributed by atoms with Crippen LogP contribution >= 0.6 is 22.6 Å². The molecule has 1 heterocycles. The Bertz CT molecular complexity index is 558. The fourth-order valence-corrected chi connectivity index (χ4v) is 3.23. The Balaban J connectivity index is 2.45. The Kier molecular flexibility index (Phi) is 4.31. The number of hydrogen-bond donors (Lipinski definition) is 1. The highest BCUT2D eigenvalue weighted by Gasteiger charge is 2.44. The van der Waals surface area contributed by atoms with Crippen LogP contribution in [-0.4, -0.2) is 23.9 Å². The number of rotatable bonds is 3. The summed E-state index contributed by atoms with van der Waals surface area (Å²) in [5, 5.41) is 2.80. The van der Waals surface area contributed by atoms with E-state index in [1.54, 1.807) is 6.07 Å². The van der Waals surface area contributed by atoms with E-state index in [0.29, 0.717) is 22.1 Å². The number of carbonyl (C=O) groups excluding carboxylic acids is 2. The number of anilines is 1. The van der Waals surface area contributed by atoms with Gasteiger partial charge in [-0.3, -0.25) is 14.5 Å². The van der Waals surface area contributed by atoms with Crippen LogP contribution in [0.5, 0.6) is 0 Å². The fourth-order valence-electron chi connectivity index (χ4n) is 2.46. The minimum Gasteiger partial charge on any atom is -0.340 e. The van der Waals surface area contributed by atoms with Gasteiger partial charge in [0.05, 0.1) is 5.69 Å². The van der Waals surface area contributed by atoms with Gasteiger partial charge in [0.25, 0.3) is 5.91 Å². The quantitative estimate of drug-likeness (QED) is 0.807. The van der Waals surface area contributed by atoms with Gasteiger partial charge in [0.2, 0.25) is 5.91 Å². The van der Waals surface area contributed by atoms with Crippen molar-refractivity contribution in [2.75, 3.05) is 11.4 Å². The first kappa shape index (κ1) is 15.2. The Morgan fingerprint density at radius 3 is 2.55 bits per heavy atom. The van der Waals surface area contributed by atoms with Crippen molar-refractivity contribution in [1.82, 2.24) is 5.32 Å². The van der Waals surface area contributed by atoms with Gasteiger partial charge in [0.1, 0.15) is 17.9 Å². The van der Waals surface area contributed by atoms with Gasteiger partial charge >= 0.3 is 0 Å². The molecule has 4 nitrogen and oxygen atoms in total. The molecule has 0 aliphatic carbocycles. The summed E-state index contributed by atoms with van der Waals surface area (Å²) >= 11 is 1.98. The highest BCUT2D eigenvalue weighted by Crippen LogP contribution is 2.30. The lowest BCUT2D eigenvalue weighted by Crippen LogP contribution is -2.66. The van der Waals surface area contributed by atoms with Crippen molar-refractivity contribution in [2.45, 2.75) is 32.2 Å². The zero-order valence-corrected chi connectivity index (χ0v) is 13.5. The first-order chi connectivity index (χ1) is 9.43. The molecule has 2 amide bonds. The molecule has 0 aromatic heterocycles. The van der Waals surface area contributed by atoms with Gasteiger partial charge < -0.3 is 5.32 Å². The number of halogens is 2. The number of carbonyl (C=O) groups is 2. The van der Waals surface area contributed by atoms with E-state index < -0.39 is 5.54 Å². The highest BCUT2D eigenvalue weighted by atomic mass is 127. The summed E-state index contributed by atoms with van der Waals surface area (Å²) in [6, 6.07) is 4.20. The van der Waals surface area contributed by atoms with Gasteiger partial charge in [0.15, 0.2) is 0 Å². The summed E-state index contributed by atoms with van der Waals surface area (Å²) in [6.45, 7) is 3.73. The Morgan fingerprint density at radius 2 is 2.00 bits per heavy atom. The summed E-state index contributed by atoms with van der Waals surface area (Å²) in [5.41, 5.74) is -0.273. The minimum atomic E-state index is -0.854. The number of benzene rings is 1. The molecular weight excluding hydrogens is 374 g/mol. The molecule has 1 aliphatic rings. The van der Waals surface area contributed by atoms with Crippen LogP contribution < -0.4 is 10.2 Å². The van der Waals surface area contributed by atoms with Crippen molar-refractivity contribution in [3.63, 3.8) is 0 Å². The van der Waals surface area contributed by atoms with Crippen LogP contribution in [0.3, 0.4) is 0 Å². The van der Waals surface area contributed by atoms with Crippen molar-refractivity contribution < 1.29 is 14.0 Å². The van der Waals surface area contributed by atoms with E-state index in [9.17, 15) is 14.0 Å². The van der Waals surface area contributed by atoms with Crippen molar-refractivity contribution in [2.24, 2.45) is 0 Å². The van der Waals surface area contributed by atoms with Crippen molar-refractivity contribution >= 4 is 40.1 Å². The summed E-state index contributed by atoms with van der Waals surface area (Å²) < 4.78 is 13.8. The van der Waals surface area contributed by atoms with E-state index in [1.165, 1.54) is 17.0 Å². The molecule has 108 valence electrons. The van der Waals surface area contributed by atoms with Gasteiger partial charge in [-0.05, 0) is 53.6 Å². The first-order valence-corrected chi connectivity index (χ1v) is 7.59. The van der Waals surface area contributed by atoms with E-state index in [1.807, 2.05) is 36.4 Å². The van der Waals surface area contributed by atoms with Crippen LogP contribution in [0.2, 0.25) is 0 Å². The van der Waals surface area contributed by atoms with Gasteiger partial charge in [-0.25, -0.2) is 4.39 Å². The minimum absolute atomic E-state index is 0.0256. The second kappa shape index (κ2) is 5.67. The molecular formula is C14H16FIN2O2. The van der Waals surface area contributed by atoms with Crippen molar-refractivity contribution in [3.05, 3.63) is 27.6 Å². The third-order valence-corrected chi connectivity index (χ3v) is 4.61. The smallest absolute Gasteiger partial charge is 0.253 e. The molecule has 1 aliphatic heterocycles. The summed E-state index contributed by atoms with van der Waals surface area (Å²) in [7, 11) is 0. The van der Waals surface area contributed by atoms with Gasteiger partial charge in [-0.15, -0.1) is 0 Å². The lowest BCUT2D eigenvalue weighted by atomic mass is 9.88. The number of hydrogen-bond acceptors (Lipinski definition) is 2. The highest BCUT2D eigenvalue weighted by molar-refractivity contribution is 14.1. The van der Waals surface area contributed by atoms with E-state index in [0.717, 1.165) is 0 Å². The lowest BCUT2D eigenvalue weighted by molar-refractivity contribution is -0.136. The molecule has 0 saturated carbocycles. The summed E-state index contributed by atoms with van der Waals surface area (Å²) in [6.07, 6.45) is 1.06. The van der Waals surface area contributed by atoms with Crippen molar-refractivity contribution in [3.8, 4) is 0 Å². The second-order valence-corrected chi connectivity index (χ2v) is 5.99. The third-order valence-electron chi connectivity index (χ3n) is 3.74. The molecule has 0 atom stereocenters. The van der Waals surface area contributed by atoms with Gasteiger partial charge in [0, 0.05) is 3.57 Å². The lowest BCUT2D eigenvalue weighted by Gasteiger charge is -2.41. The average molecular weight is 390 g/mol. The number of nitrogens with zero attached hydrogens (tertiary/aromatic N) is 1. The molecule has 2 rings (SSSR count). The maximum Gasteiger partial charge on any atom is 0.253 e. The molecule has 0 unspecified atom stereocenters. The zero-order chi connectivity index (χ0) is 14.9. The standard InChI is InChI=1S/C14H16FIN2O2/c1-3-14(4-2)13(20)18(8-12(19)17-14)11-6-5-9(15)7-10(11)16/h5-7H,3-4,8H2,1-2H3,(H,17,19). The topological polar surface area (TPSA) is 49.4 Å². The molecule has 1 aromatic rings. The molecule has 1 aromatic carbocycles. The van der Waals surface area contributed by atoms with E-state index in [4.69, 9.17) is 0 Å². The second-order valence-electron chi connectivity index (χ2n) is 4.82. The van der Waals surface area contributed by atoms with E-state index in [-0.39, 0.29) is 24.2 Å². The number of amides is 2. The largest absolute Gasteiger partial charge is 0.340 e. The molecule has 1 N–H and O–H groups in total. The maximum absolute atomic E-state index is 13.2. The maximum atomic E-state index is 13.2. The Labute approximate surface area is 130 Å². The normalized spacial score (nSPS) is 18.1. The fraction of sp³-hybridized carbons (Fsp3) is 0.429. The molecule has 0 bridgehead atoms. The van der Waals surface area contributed by atoms with Gasteiger partial charge in [-0.1, -0.05) is 13.8 Å². The molecule has 0 radical (unpaired) electrons. The van der Waals surface area contributed by atoms with Crippen LogP contribution in [0.15, 0.2) is 18.2 Å². The van der Waals surface area contributed by atoms with Gasteiger partial charge in [-0.2, -0.15) is 0 Å². The predicted octanol–water partition coefficient (Wildman–Crippen LogP) is 2.45. The van der Waals surface area contributed by atoms with Crippen LogP contribution in [0.1, 0.15) is 26.7 Å². The third kappa shape index (κ3) is 2.53. The summed E-state index contributed by atoms with van der Waals surface area (Å²) in [4.78, 5) is 26.1. The first-order valence-electron chi connectivity index (χ1n) is 6.51. The molecule has 20 heavy (non-hydrogen) atoms. The van der Waals surface area contributed by atoms with E-state index in [2.05, 4.69) is 5.32 Å². The molecule has 6 heteroatoms. The average Bonchev–Trinajstić information content (AvgIpc) is 2.41. The van der Waals surface area contributed by atoms with Crippen LogP contribution in [-0.2, 0) is 9.59 Å². The van der Waals surface area contributed by atoms with Crippen molar-refractivity contribution in [1.29, 1.82) is 0 Å².